The van der Waals surface area contributed by atoms with Crippen LogP contribution in [0.2, 0.25) is 0 Å². The first-order valence-corrected chi connectivity index (χ1v) is 11.3. The number of unbranched alkanes of at least 4 members (excludes halogenated alkanes) is 1. The van der Waals surface area contributed by atoms with Gasteiger partial charge in [-0.05, 0) is 44.6 Å². The lowest BCUT2D eigenvalue weighted by molar-refractivity contribution is -0.142. The van der Waals surface area contributed by atoms with E-state index in [0.29, 0.717) is 19.4 Å². The molecule has 0 fully saturated rings. The zero-order valence-corrected chi connectivity index (χ0v) is 20.0. The largest absolute Gasteiger partial charge is 0.481 e. The number of carbonyl (C=O) groups is 6. The second-order valence-corrected chi connectivity index (χ2v) is 8.57. The zero-order valence-electron chi connectivity index (χ0n) is 20.0. The Morgan fingerprint density at radius 3 is 1.77 bits per heavy atom. The number of hydrogen-bond donors (Lipinski definition) is 8. The number of rotatable bonds is 18. The van der Waals surface area contributed by atoms with E-state index in [1.807, 2.05) is 0 Å². The summed E-state index contributed by atoms with van der Waals surface area (Å²) >= 11 is 0. The van der Waals surface area contributed by atoms with Crippen molar-refractivity contribution < 1.29 is 44.1 Å². The van der Waals surface area contributed by atoms with E-state index in [0.717, 1.165) is 0 Å². The van der Waals surface area contributed by atoms with Gasteiger partial charge in [-0.15, -0.1) is 0 Å². The summed E-state index contributed by atoms with van der Waals surface area (Å²) in [5, 5.41) is 34.2. The Morgan fingerprint density at radius 1 is 0.743 bits per heavy atom. The van der Waals surface area contributed by atoms with Crippen molar-refractivity contribution in [1.82, 2.24) is 16.0 Å². The summed E-state index contributed by atoms with van der Waals surface area (Å²) < 4.78 is 0. The normalized spacial score (nSPS) is 14.3. The highest BCUT2D eigenvalue weighted by Crippen LogP contribution is 2.09. The summed E-state index contributed by atoms with van der Waals surface area (Å²) in [5.74, 6) is -6.55. The van der Waals surface area contributed by atoms with Gasteiger partial charge in [0.15, 0.2) is 0 Å². The third-order valence-electron chi connectivity index (χ3n) is 4.91. The van der Waals surface area contributed by atoms with Gasteiger partial charge >= 0.3 is 17.9 Å². The number of nitrogens with two attached hydrogens (primary N) is 2. The van der Waals surface area contributed by atoms with E-state index >= 15 is 0 Å². The number of nitrogens with one attached hydrogen (secondary N) is 3. The Hall–Kier alpha value is -3.26. The van der Waals surface area contributed by atoms with E-state index in [-0.39, 0.29) is 25.2 Å². The van der Waals surface area contributed by atoms with Crippen molar-refractivity contribution in [2.45, 2.75) is 83.0 Å². The third-order valence-corrected chi connectivity index (χ3v) is 4.91. The van der Waals surface area contributed by atoms with Gasteiger partial charge in [0.25, 0.3) is 0 Å². The molecule has 0 aromatic rings. The first kappa shape index (κ1) is 31.7. The van der Waals surface area contributed by atoms with Crippen LogP contribution in [-0.2, 0) is 28.8 Å². The highest BCUT2D eigenvalue weighted by Gasteiger charge is 2.31. The van der Waals surface area contributed by atoms with Crippen LogP contribution in [-0.4, -0.2) is 81.7 Å². The van der Waals surface area contributed by atoms with Crippen molar-refractivity contribution in [2.24, 2.45) is 17.4 Å². The minimum absolute atomic E-state index is 0.0948. The molecule has 4 atom stereocenters. The van der Waals surface area contributed by atoms with Crippen LogP contribution in [0.3, 0.4) is 0 Å². The topological polar surface area (TPSA) is 251 Å². The molecule has 0 saturated heterocycles. The minimum atomic E-state index is -1.48. The summed E-state index contributed by atoms with van der Waals surface area (Å²) in [6.07, 6.45) is -0.257. The molecule has 35 heavy (non-hydrogen) atoms. The van der Waals surface area contributed by atoms with Crippen molar-refractivity contribution in [3.63, 3.8) is 0 Å². The van der Waals surface area contributed by atoms with Gasteiger partial charge in [0.2, 0.25) is 17.7 Å². The first-order valence-electron chi connectivity index (χ1n) is 11.3. The van der Waals surface area contributed by atoms with E-state index < -0.39 is 72.6 Å². The van der Waals surface area contributed by atoms with E-state index in [2.05, 4.69) is 16.0 Å². The summed E-state index contributed by atoms with van der Waals surface area (Å²) in [6, 6.07) is -5.26. The van der Waals surface area contributed by atoms with Crippen molar-refractivity contribution in [2.75, 3.05) is 6.54 Å². The Kier molecular flexibility index (Phi) is 14.9. The monoisotopic (exact) mass is 503 g/mol. The first-order chi connectivity index (χ1) is 16.3. The SMILES string of the molecule is CC(C)C[C@H](NC(=O)[C@H](CCC(=O)O)NC(=O)[C@H](N)CC(=O)O)C(=O)N[C@@H](CCCCN)C(=O)O. The van der Waals surface area contributed by atoms with Crippen LogP contribution in [0.15, 0.2) is 0 Å². The molecule has 0 spiro atoms. The molecule has 0 saturated carbocycles. The fourth-order valence-corrected chi connectivity index (χ4v) is 3.09. The quantitative estimate of drug-likeness (QED) is 0.0985. The Labute approximate surface area is 203 Å². The Bertz CT molecular complexity index is 759. The van der Waals surface area contributed by atoms with Crippen LogP contribution in [0.5, 0.6) is 0 Å². The summed E-state index contributed by atoms with van der Waals surface area (Å²) in [7, 11) is 0. The molecule has 14 nitrogen and oxygen atoms in total. The molecule has 0 unspecified atom stereocenters. The molecule has 10 N–H and O–H groups in total. The smallest absolute Gasteiger partial charge is 0.326 e. The number of carboxylic acids is 3. The molecule has 14 heteroatoms. The van der Waals surface area contributed by atoms with Gasteiger partial charge in [0.1, 0.15) is 18.1 Å². The van der Waals surface area contributed by atoms with Crippen LogP contribution in [0.4, 0.5) is 0 Å². The van der Waals surface area contributed by atoms with Crippen molar-refractivity contribution in [1.29, 1.82) is 0 Å². The van der Waals surface area contributed by atoms with Crippen LogP contribution >= 0.6 is 0 Å². The van der Waals surface area contributed by atoms with E-state index in [4.69, 9.17) is 21.7 Å². The fourth-order valence-electron chi connectivity index (χ4n) is 3.09. The standard InChI is InChI=1S/C21H37N5O9/c1-11(2)9-15(20(33)25-14(21(34)35)5-3-4-8-22)26-19(32)13(6-7-16(27)28)24-18(31)12(23)10-17(29)30/h11-15H,3-10,22-23H2,1-2H3,(H,24,31)(H,25,33)(H,26,32)(H,27,28)(H,29,30)(H,34,35)/t12-,13+,14+,15+/m1/s1. The van der Waals surface area contributed by atoms with Crippen molar-refractivity contribution in [3.8, 4) is 0 Å². The lowest BCUT2D eigenvalue weighted by Crippen LogP contribution is -2.57. The summed E-state index contributed by atoms with van der Waals surface area (Å²) in [4.78, 5) is 71.2. The van der Waals surface area contributed by atoms with E-state index in [1.54, 1.807) is 13.8 Å². The second kappa shape index (κ2) is 16.4. The third kappa shape index (κ3) is 13.9. The predicted molar refractivity (Wildman–Crippen MR) is 123 cm³/mol. The molecule has 0 aromatic carbocycles. The molecule has 0 bridgehead atoms. The van der Waals surface area contributed by atoms with Crippen LogP contribution in [0.25, 0.3) is 0 Å². The summed E-state index contributed by atoms with van der Waals surface area (Å²) in [6.45, 7) is 3.92. The highest BCUT2D eigenvalue weighted by atomic mass is 16.4. The molecule has 0 rings (SSSR count). The molecule has 0 aliphatic rings. The van der Waals surface area contributed by atoms with Crippen LogP contribution < -0.4 is 27.4 Å². The molecule has 0 aromatic heterocycles. The van der Waals surface area contributed by atoms with Crippen molar-refractivity contribution >= 4 is 35.6 Å². The number of carboxylic acid groups (broad SMARTS) is 3. The average Bonchev–Trinajstić information content (AvgIpc) is 2.73. The number of aliphatic carboxylic acids is 3. The maximum absolute atomic E-state index is 12.9. The predicted octanol–water partition coefficient (Wildman–Crippen LogP) is -1.63. The van der Waals surface area contributed by atoms with Crippen LogP contribution in [0.1, 0.15) is 58.8 Å². The maximum atomic E-state index is 12.9. The molecular formula is C21H37N5O9. The van der Waals surface area contributed by atoms with Crippen molar-refractivity contribution in [3.05, 3.63) is 0 Å². The highest BCUT2D eigenvalue weighted by molar-refractivity contribution is 5.94. The average molecular weight is 504 g/mol. The van der Waals surface area contributed by atoms with Gasteiger partial charge in [-0.2, -0.15) is 0 Å². The van der Waals surface area contributed by atoms with Gasteiger partial charge in [-0.25, -0.2) is 4.79 Å². The Balaban J connectivity index is 5.53. The lowest BCUT2D eigenvalue weighted by atomic mass is 10.0. The van der Waals surface area contributed by atoms with Gasteiger partial charge in [0, 0.05) is 6.42 Å². The second-order valence-electron chi connectivity index (χ2n) is 8.57. The minimum Gasteiger partial charge on any atom is -0.481 e. The molecule has 0 radical (unpaired) electrons. The molecule has 0 heterocycles. The van der Waals surface area contributed by atoms with Crippen LogP contribution in [0, 0.1) is 5.92 Å². The summed E-state index contributed by atoms with van der Waals surface area (Å²) in [5.41, 5.74) is 10.9. The number of carbonyl (C=O) groups excluding carboxylic acids is 3. The molecule has 0 aliphatic carbocycles. The number of amides is 3. The van der Waals surface area contributed by atoms with Gasteiger partial charge in [-0.1, -0.05) is 13.8 Å². The molecule has 0 aliphatic heterocycles. The molecule has 200 valence electrons. The van der Waals surface area contributed by atoms with E-state index in [1.165, 1.54) is 0 Å². The Morgan fingerprint density at radius 2 is 1.29 bits per heavy atom. The van der Waals surface area contributed by atoms with Gasteiger partial charge in [0.05, 0.1) is 12.5 Å². The van der Waals surface area contributed by atoms with Gasteiger partial charge < -0.3 is 42.7 Å². The molecule has 3 amide bonds. The van der Waals surface area contributed by atoms with E-state index in [9.17, 15) is 33.9 Å². The molecular weight excluding hydrogens is 466 g/mol. The maximum Gasteiger partial charge on any atom is 0.326 e. The zero-order chi connectivity index (χ0) is 27.1. The number of hydrogen-bond acceptors (Lipinski definition) is 8. The fraction of sp³-hybridized carbons (Fsp3) is 0.714. The van der Waals surface area contributed by atoms with Gasteiger partial charge in [-0.3, -0.25) is 24.0 Å². The lowest BCUT2D eigenvalue weighted by Gasteiger charge is -2.26.